The lowest BCUT2D eigenvalue weighted by Crippen LogP contribution is -2.50. The number of rotatable bonds is 19. The lowest BCUT2D eigenvalue weighted by Gasteiger charge is -2.45. The Morgan fingerprint density at radius 1 is 0.257 bits per heavy atom. The van der Waals surface area contributed by atoms with Gasteiger partial charge in [0.1, 0.15) is 5.82 Å². The number of aromatic nitrogens is 6. The maximum absolute atomic E-state index is 5.26. The van der Waals surface area contributed by atoms with E-state index in [0.29, 0.717) is 5.82 Å². The summed E-state index contributed by atoms with van der Waals surface area (Å²) in [7, 11) is -3.04. The molecule has 0 spiro atoms. The van der Waals surface area contributed by atoms with Gasteiger partial charge in [-0.15, -0.1) is 0 Å². The fourth-order valence-corrected chi connectivity index (χ4v) is 30.1. The molecule has 26 rings (SSSR count). The van der Waals surface area contributed by atoms with Gasteiger partial charge in [0.15, 0.2) is 5.82 Å². The van der Waals surface area contributed by atoms with Crippen LogP contribution in [0.5, 0.6) is 0 Å². The lowest BCUT2D eigenvalue weighted by atomic mass is 9.85. The minimum Gasteiger partial charge on any atom is -0.310 e. The predicted molar refractivity (Wildman–Crippen MR) is 615 cm³/mol. The highest BCUT2D eigenvalue weighted by Gasteiger charge is 2.53. The van der Waals surface area contributed by atoms with Crippen molar-refractivity contribution in [1.29, 1.82) is 0 Å². The van der Waals surface area contributed by atoms with Crippen LogP contribution in [0.1, 0.15) is 23.9 Å². The Hall–Kier alpha value is -17.4. The molecule has 0 N–H and O–H groups in total. The van der Waals surface area contributed by atoms with Crippen LogP contribution < -0.4 is 9.80 Å². The molecule has 1 aliphatic rings. The van der Waals surface area contributed by atoms with Crippen molar-refractivity contribution in [3.63, 3.8) is 0 Å². The largest absolute Gasteiger partial charge is 0.310 e. The molecule has 0 amide bonds. The van der Waals surface area contributed by atoms with E-state index < -0.39 is 16.9 Å². The smallest absolute Gasteiger partial charge is 0.160 e. The van der Waals surface area contributed by atoms with Gasteiger partial charge in [-0.05, 0) is 228 Å². The van der Waals surface area contributed by atoms with Crippen molar-refractivity contribution in [3.8, 4) is 95.5 Å². The van der Waals surface area contributed by atoms with Crippen LogP contribution in [0, 0.1) is 0 Å². The average Bonchev–Trinajstić information content (AvgIpc) is 1.52. The Kier molecular flexibility index (Phi) is 23.5. The third-order valence-corrected chi connectivity index (χ3v) is 34.2. The Labute approximate surface area is 843 Å². The third kappa shape index (κ3) is 16.1. The topological polar surface area (TPSA) is 59.9 Å². The molecular weight excluding hydrogens is 1780 g/mol. The second-order valence-electron chi connectivity index (χ2n) is 39.1. The van der Waals surface area contributed by atoms with E-state index in [9.17, 15) is 0 Å². The monoisotopic (exact) mass is 1880 g/mol. The van der Waals surface area contributed by atoms with E-state index >= 15 is 0 Å². The van der Waals surface area contributed by atoms with E-state index in [0.717, 1.165) is 90.5 Å². The Bertz CT molecular complexity index is 8640. The summed E-state index contributed by atoms with van der Waals surface area (Å²) < 4.78 is 7.07. The molecule has 144 heavy (non-hydrogen) atoms. The minimum absolute atomic E-state index is 0.0507. The summed E-state index contributed by atoms with van der Waals surface area (Å²) >= 11 is 0. The summed E-state index contributed by atoms with van der Waals surface area (Å²) in [5, 5.41) is 12.5. The van der Waals surface area contributed by atoms with Crippen LogP contribution in [0.25, 0.3) is 182 Å². The van der Waals surface area contributed by atoms with E-state index in [-0.39, 0.29) is 5.04 Å². The fraction of sp³-hybridized carbons (Fsp3) is 0.0672. The van der Waals surface area contributed by atoms with Gasteiger partial charge in [0.05, 0.1) is 58.2 Å². The molecule has 4 aromatic heterocycles. The van der Waals surface area contributed by atoms with Crippen molar-refractivity contribution in [2.24, 2.45) is 0 Å². The van der Waals surface area contributed by atoms with E-state index in [4.69, 9.17) is 15.0 Å². The van der Waals surface area contributed by atoms with Crippen LogP contribution in [0.3, 0.4) is 0 Å². The predicted octanol–water partition coefficient (Wildman–Crippen LogP) is 36.0. The van der Waals surface area contributed by atoms with E-state index in [1.165, 1.54) is 150 Å². The van der Waals surface area contributed by atoms with E-state index in [1.54, 1.807) is 0 Å². The highest BCUT2D eigenvalue weighted by atomic mass is 28.3. The van der Waals surface area contributed by atoms with Crippen molar-refractivity contribution < 1.29 is 0 Å². The van der Waals surface area contributed by atoms with Crippen molar-refractivity contribution >= 4 is 138 Å². The number of anilines is 6. The molecule has 1 unspecified atom stereocenters. The second-order valence-corrected chi connectivity index (χ2v) is 47.6. The highest BCUT2D eigenvalue weighted by molar-refractivity contribution is 6.81. The number of imidazole rings is 1. The molecule has 0 saturated carbocycles. The molecule has 1 aliphatic carbocycles. The van der Waals surface area contributed by atoms with Crippen molar-refractivity contribution in [1.82, 2.24) is 28.7 Å². The van der Waals surface area contributed by atoms with Crippen LogP contribution in [0.4, 0.5) is 34.1 Å². The average molecular weight is 1880 g/mol. The molecule has 1 atom stereocenters. The minimum atomic E-state index is -1.96. The molecule has 690 valence electrons. The van der Waals surface area contributed by atoms with Crippen LogP contribution >= 0.6 is 0 Å². The van der Waals surface area contributed by atoms with Gasteiger partial charge >= 0.3 is 0 Å². The van der Waals surface area contributed by atoms with Crippen LogP contribution in [-0.2, 0) is 11.5 Å². The number of aryl methyl sites for hydroxylation is 1. The van der Waals surface area contributed by atoms with E-state index in [1.807, 2.05) is 24.3 Å². The first-order chi connectivity index (χ1) is 70.9. The fourth-order valence-electron chi connectivity index (χ4n) is 22.7. The first-order valence-corrected chi connectivity index (χ1v) is 56.8. The molecule has 4 heterocycles. The molecule has 21 aromatic carbocycles. The Morgan fingerprint density at radius 3 is 1.05 bits per heavy atom. The third-order valence-electron chi connectivity index (χ3n) is 29.0. The van der Waals surface area contributed by atoms with Crippen LogP contribution in [0.2, 0.25) is 38.8 Å². The van der Waals surface area contributed by atoms with Gasteiger partial charge in [0.25, 0.3) is 0 Å². The molecule has 0 aliphatic heterocycles. The van der Waals surface area contributed by atoms with E-state index in [2.05, 4.69) is 542 Å². The zero-order valence-corrected chi connectivity index (χ0v) is 83.6. The lowest BCUT2D eigenvalue weighted by molar-refractivity contribution is 0.788. The molecular formula is C134H106N8Si2. The molecule has 8 nitrogen and oxygen atoms in total. The summed E-state index contributed by atoms with van der Waals surface area (Å²) in [5.74, 6) is 1.77. The normalized spacial score (nSPS) is 12.8. The van der Waals surface area contributed by atoms with Gasteiger partial charge in [-0.3, -0.25) is 4.57 Å². The number of nitrogens with zero attached hydrogens (tertiary/aromatic N) is 8. The summed E-state index contributed by atoms with van der Waals surface area (Å²) in [4.78, 5) is 20.2. The molecule has 0 bridgehead atoms. The van der Waals surface area contributed by atoms with Gasteiger partial charge in [0, 0.05) is 109 Å². The number of hydrogen-bond acceptors (Lipinski definition) is 5. The maximum Gasteiger partial charge on any atom is 0.160 e. The summed E-state index contributed by atoms with van der Waals surface area (Å²) in [6.45, 7) is 15.1. The Balaban J connectivity index is 0.000000117. The van der Waals surface area contributed by atoms with Gasteiger partial charge in [-0.1, -0.05) is 404 Å². The maximum atomic E-state index is 5.26. The number of benzene rings is 21. The summed E-state index contributed by atoms with van der Waals surface area (Å²) in [6, 6.07) is 183. The van der Waals surface area contributed by atoms with Crippen LogP contribution in [0.15, 0.2) is 504 Å². The summed E-state index contributed by atoms with van der Waals surface area (Å²) in [5.41, 5.74) is 35.4. The first kappa shape index (κ1) is 89.2. The molecule has 25 aromatic rings. The Morgan fingerprint density at radius 2 is 0.611 bits per heavy atom. The van der Waals surface area contributed by atoms with Gasteiger partial charge in [-0.25, -0.2) is 15.0 Å². The zero-order chi connectivity index (χ0) is 96.9. The molecule has 0 fully saturated rings. The van der Waals surface area contributed by atoms with Gasteiger partial charge in [0.2, 0.25) is 0 Å². The molecule has 0 radical (unpaired) electrons. The number of para-hydroxylation sites is 10. The summed E-state index contributed by atoms with van der Waals surface area (Å²) in [6.07, 6.45) is 0.875. The SMILES string of the molecule is CCc1nc2ccccc2n1-c1ccc(-c2c3ccccc3c(-c3ccc(-c4ccccc4)cc3)c3ccccc23)cc1.C[SiH](C)CC1([Si](C)(C)C)c2cc(N(c3ccccc3)c3ccccc3)ccc2-c2c1cc(N(c1ccccc1)c1ccccc1)c1ccccc21.c1ccc(-c2cc(-c3cc(-n4c5ccccc5c5ccccc54)cc(-n4c5ccccc5c5ccccc54)c3)nc(-c3ccccc3)n2)cc1. The van der Waals surface area contributed by atoms with Gasteiger partial charge < -0.3 is 18.9 Å². The quantitative estimate of drug-likeness (QED) is 0.0596. The van der Waals surface area contributed by atoms with Crippen molar-refractivity contribution in [2.75, 3.05) is 9.80 Å². The highest BCUT2D eigenvalue weighted by Crippen LogP contribution is 2.61. The van der Waals surface area contributed by atoms with Crippen LogP contribution in [-0.4, -0.2) is 45.5 Å². The van der Waals surface area contributed by atoms with Crippen molar-refractivity contribution in [2.45, 2.75) is 57.2 Å². The standard InChI is InChI=1S/C47H46N2Si2.C46H30N4.C41H30N2/c1-50(2)34-47(51(3,4)5)43-32-39(48(35-20-10-6-11-21-35)36-22-12-7-13-23-36)30-31-42(43)46-41-29-19-18-28-40(41)45(33-44(46)47)49(37-24-14-8-15-25-37)38-26-16-9-17-27-38;1-3-15-31(16-4-1)40-30-41(48-46(47-40)32-17-5-2-6-18-32)33-27-34(49-42-23-11-7-19-36(42)37-20-8-12-24-43(37)49)29-35(28-33)50-44-25-13-9-21-38(44)39-22-10-14-26-45(39)50;1-2-39-42-37-18-10-11-19-38(37)43(39)32-26-24-31(25-27-32)41-35-16-8-6-14-33(35)40(34-15-7-9-17-36(34)41)30-22-20-29(21-23-30)28-12-4-3-5-13-28/h6-33,50H,34H2,1-5H3;1-30H;3-27H,2H2,1H3. The van der Waals surface area contributed by atoms with Gasteiger partial charge in [-0.2, -0.15) is 0 Å². The first-order valence-electron chi connectivity index (χ1n) is 50.2. The second kappa shape index (κ2) is 38.0. The number of hydrogen-bond donors (Lipinski definition) is 0. The zero-order valence-electron chi connectivity index (χ0n) is 81.5. The molecule has 0 saturated heterocycles. The van der Waals surface area contributed by atoms with Crippen molar-refractivity contribution in [3.05, 3.63) is 520 Å². The number of fused-ring (bicyclic) bond motifs is 14. The molecule has 10 heteroatoms.